The molecule has 3 N–H and O–H groups in total. The van der Waals surface area contributed by atoms with Crippen LogP contribution >= 0.6 is 0 Å². The fourth-order valence-corrected chi connectivity index (χ4v) is 5.27. The van der Waals surface area contributed by atoms with Gasteiger partial charge in [-0.15, -0.1) is 0 Å². The van der Waals surface area contributed by atoms with Gasteiger partial charge in [0.25, 0.3) is 5.91 Å². The van der Waals surface area contributed by atoms with Crippen molar-refractivity contribution in [2.75, 3.05) is 13.2 Å². The van der Waals surface area contributed by atoms with E-state index in [1.165, 1.54) is 0 Å². The normalized spacial score (nSPS) is 17.8. The highest BCUT2D eigenvalue weighted by Gasteiger charge is 2.53. The maximum absolute atomic E-state index is 14.2. The summed E-state index contributed by atoms with van der Waals surface area (Å²) in [6.45, 7) is -0.251. The minimum Gasteiger partial charge on any atom is -0.494 e. The van der Waals surface area contributed by atoms with Gasteiger partial charge in [0.15, 0.2) is 11.6 Å². The van der Waals surface area contributed by atoms with Gasteiger partial charge < -0.3 is 14.6 Å². The van der Waals surface area contributed by atoms with Gasteiger partial charge >= 0.3 is 12.4 Å². The van der Waals surface area contributed by atoms with Gasteiger partial charge in [0, 0.05) is 31.6 Å². The molecule has 252 valence electrons. The molecular formula is C35H31F6N3O4. The maximum atomic E-state index is 14.2. The second-order valence-electron chi connectivity index (χ2n) is 11.1. The zero-order valence-electron chi connectivity index (χ0n) is 25.3. The molecular weight excluding hydrogens is 640 g/mol. The zero-order chi connectivity index (χ0) is 34.4. The molecule has 1 aliphatic rings. The standard InChI is InChI=1S/C35H31F6N3O4/c36-34(37,38)27-18-24(19-28(20-27)35(39,40)41)22-42-44-32(46)33(21-23-8-3-1-4-9-23)30(25-10-5-2-6-11-25)48-31(43-33)26-12-14-29(15-13-26)47-17-7-16-45/h1-6,8-15,18-20,30,42,45H,7,16-17,21-22H2,(H,44,46)/t30-,33-/m0/s1. The van der Waals surface area contributed by atoms with Gasteiger partial charge in [0.05, 0.1) is 17.7 Å². The number of nitrogens with zero attached hydrogens (tertiary/aromatic N) is 1. The molecule has 48 heavy (non-hydrogen) atoms. The second-order valence-corrected chi connectivity index (χ2v) is 11.1. The van der Waals surface area contributed by atoms with Crippen molar-refractivity contribution in [3.05, 3.63) is 137 Å². The van der Waals surface area contributed by atoms with Crippen LogP contribution in [-0.2, 0) is 34.8 Å². The molecule has 0 unspecified atom stereocenters. The largest absolute Gasteiger partial charge is 0.494 e. The lowest BCUT2D eigenvalue weighted by atomic mass is 9.82. The fraction of sp³-hybridized carbons (Fsp3) is 0.257. The summed E-state index contributed by atoms with van der Waals surface area (Å²) in [4.78, 5) is 19.1. The number of halogens is 6. The third-order valence-electron chi connectivity index (χ3n) is 7.59. The van der Waals surface area contributed by atoms with Crippen molar-refractivity contribution in [2.45, 2.75) is 43.4 Å². The quantitative estimate of drug-likeness (QED) is 0.0876. The molecule has 0 aliphatic carbocycles. The van der Waals surface area contributed by atoms with Gasteiger partial charge in [0.2, 0.25) is 5.90 Å². The lowest BCUT2D eigenvalue weighted by Gasteiger charge is -2.31. The number of carbonyl (C=O) groups is 1. The van der Waals surface area contributed by atoms with Gasteiger partial charge in [-0.3, -0.25) is 10.2 Å². The molecule has 7 nitrogen and oxygen atoms in total. The van der Waals surface area contributed by atoms with Crippen LogP contribution in [0.2, 0.25) is 0 Å². The number of carbonyl (C=O) groups excluding carboxylic acids is 1. The number of hydrazine groups is 1. The molecule has 0 fully saturated rings. The van der Waals surface area contributed by atoms with Gasteiger partial charge in [-0.05, 0) is 59.2 Å². The van der Waals surface area contributed by atoms with Gasteiger partial charge in [-0.25, -0.2) is 10.4 Å². The van der Waals surface area contributed by atoms with Crippen LogP contribution in [0.1, 0.15) is 45.9 Å². The first-order valence-corrected chi connectivity index (χ1v) is 14.9. The van der Waals surface area contributed by atoms with E-state index in [9.17, 15) is 31.1 Å². The second kappa shape index (κ2) is 14.5. The maximum Gasteiger partial charge on any atom is 0.416 e. The number of aliphatic imine (C=N–C) groups is 1. The number of benzene rings is 4. The Kier molecular flexibility index (Phi) is 10.4. The summed E-state index contributed by atoms with van der Waals surface area (Å²) in [5.74, 6) is -0.0297. The average Bonchev–Trinajstić information content (AvgIpc) is 3.45. The third kappa shape index (κ3) is 8.15. The molecule has 0 radical (unpaired) electrons. The topological polar surface area (TPSA) is 92.2 Å². The Bertz CT molecular complexity index is 1680. The van der Waals surface area contributed by atoms with Crippen LogP contribution in [-0.4, -0.2) is 35.7 Å². The predicted octanol–water partition coefficient (Wildman–Crippen LogP) is 6.81. The van der Waals surface area contributed by atoms with Crippen LogP contribution in [0, 0.1) is 0 Å². The van der Waals surface area contributed by atoms with E-state index < -0.39 is 47.6 Å². The molecule has 1 amide bonds. The number of ether oxygens (including phenoxy) is 2. The molecule has 13 heteroatoms. The SMILES string of the molecule is O=C(NNCc1cc(C(F)(F)F)cc(C(F)(F)F)c1)[C@@]1(Cc2ccccc2)N=C(c2ccc(OCCCO)cc2)O[C@H]1c1ccccc1. The minimum atomic E-state index is -5.02. The number of hydrogen-bond acceptors (Lipinski definition) is 6. The monoisotopic (exact) mass is 671 g/mol. The van der Waals surface area contributed by atoms with Crippen molar-refractivity contribution in [3.63, 3.8) is 0 Å². The van der Waals surface area contributed by atoms with E-state index in [2.05, 4.69) is 10.9 Å². The number of nitrogens with one attached hydrogen (secondary N) is 2. The van der Waals surface area contributed by atoms with Gasteiger partial charge in [-0.2, -0.15) is 26.3 Å². The van der Waals surface area contributed by atoms with Crippen molar-refractivity contribution in [1.82, 2.24) is 10.9 Å². The Hall–Kier alpha value is -4.88. The summed E-state index contributed by atoms with van der Waals surface area (Å²) in [7, 11) is 0. The number of hydrogen-bond donors (Lipinski definition) is 3. The highest BCUT2D eigenvalue weighted by atomic mass is 19.4. The van der Waals surface area contributed by atoms with Crippen LogP contribution in [0.4, 0.5) is 26.3 Å². The molecule has 0 spiro atoms. The first-order chi connectivity index (χ1) is 22.9. The van der Waals surface area contributed by atoms with Crippen molar-refractivity contribution >= 4 is 11.8 Å². The minimum absolute atomic E-state index is 0.0153. The van der Waals surface area contributed by atoms with Crippen molar-refractivity contribution in [1.29, 1.82) is 0 Å². The smallest absolute Gasteiger partial charge is 0.416 e. The molecule has 1 heterocycles. The molecule has 2 atom stereocenters. The van der Waals surface area contributed by atoms with Crippen molar-refractivity contribution in [3.8, 4) is 5.75 Å². The van der Waals surface area contributed by atoms with E-state index in [1.54, 1.807) is 84.9 Å². The number of amides is 1. The van der Waals surface area contributed by atoms with Crippen molar-refractivity contribution in [2.24, 2.45) is 4.99 Å². The number of aliphatic hydroxyl groups excluding tert-OH is 1. The lowest BCUT2D eigenvalue weighted by Crippen LogP contribution is -2.53. The highest BCUT2D eigenvalue weighted by Crippen LogP contribution is 2.42. The Morgan fingerprint density at radius 3 is 2.02 bits per heavy atom. The van der Waals surface area contributed by atoms with Gasteiger partial charge in [0.1, 0.15) is 5.75 Å². The number of alkyl halides is 6. The molecule has 5 rings (SSSR count). The molecule has 4 aromatic rings. The lowest BCUT2D eigenvalue weighted by molar-refractivity contribution is -0.143. The fourth-order valence-electron chi connectivity index (χ4n) is 5.27. The molecule has 0 aromatic heterocycles. The Morgan fingerprint density at radius 2 is 1.44 bits per heavy atom. The summed E-state index contributed by atoms with van der Waals surface area (Å²) < 4.78 is 92.5. The summed E-state index contributed by atoms with van der Waals surface area (Å²) in [6, 6.07) is 25.9. The van der Waals surface area contributed by atoms with E-state index in [0.717, 1.165) is 5.56 Å². The van der Waals surface area contributed by atoms with E-state index in [4.69, 9.17) is 19.6 Å². The van der Waals surface area contributed by atoms with Crippen LogP contribution in [0.3, 0.4) is 0 Å². The Morgan fingerprint density at radius 1 is 0.833 bits per heavy atom. The van der Waals surface area contributed by atoms with E-state index in [1.807, 2.05) is 0 Å². The van der Waals surface area contributed by atoms with Crippen LogP contribution in [0.25, 0.3) is 0 Å². The van der Waals surface area contributed by atoms with Crippen LogP contribution < -0.4 is 15.6 Å². The van der Waals surface area contributed by atoms with Gasteiger partial charge in [-0.1, -0.05) is 60.7 Å². The Balaban J connectivity index is 1.48. The molecule has 4 aromatic carbocycles. The van der Waals surface area contributed by atoms with E-state index >= 15 is 0 Å². The number of rotatable bonds is 12. The summed E-state index contributed by atoms with van der Waals surface area (Å²) in [5.41, 5.74) is 1.93. The van der Waals surface area contributed by atoms with E-state index in [-0.39, 0.29) is 30.6 Å². The average molecular weight is 672 g/mol. The first kappa shape index (κ1) is 34.5. The summed E-state index contributed by atoms with van der Waals surface area (Å²) in [6.07, 6.45) is -10.5. The Labute approximate surface area is 272 Å². The van der Waals surface area contributed by atoms with E-state index in [0.29, 0.717) is 42.0 Å². The molecule has 1 aliphatic heterocycles. The van der Waals surface area contributed by atoms with Crippen LogP contribution in [0.15, 0.2) is 108 Å². The highest BCUT2D eigenvalue weighted by molar-refractivity contribution is 6.01. The predicted molar refractivity (Wildman–Crippen MR) is 165 cm³/mol. The first-order valence-electron chi connectivity index (χ1n) is 14.9. The van der Waals surface area contributed by atoms with Crippen LogP contribution in [0.5, 0.6) is 5.75 Å². The molecule has 0 saturated carbocycles. The third-order valence-corrected chi connectivity index (χ3v) is 7.59. The zero-order valence-corrected chi connectivity index (χ0v) is 25.3. The van der Waals surface area contributed by atoms with Crippen molar-refractivity contribution < 1.29 is 45.7 Å². The summed E-state index contributed by atoms with van der Waals surface area (Å²) >= 11 is 0. The summed E-state index contributed by atoms with van der Waals surface area (Å²) in [5, 5.41) is 9.01. The number of aliphatic hydroxyl groups is 1. The molecule has 0 bridgehead atoms. The molecule has 0 saturated heterocycles.